The minimum absolute atomic E-state index is 0.205. The molecule has 170 valence electrons. The Hall–Kier alpha value is -3.33. The number of nitrogens with zero attached hydrogens (tertiary/aromatic N) is 3. The molecule has 1 aromatic carbocycles. The molecule has 9 nitrogen and oxygen atoms in total. The number of furan rings is 1. The van der Waals surface area contributed by atoms with Crippen LogP contribution >= 0.6 is 0 Å². The second-order valence-electron chi connectivity index (χ2n) is 7.60. The zero-order valence-corrected chi connectivity index (χ0v) is 18.9. The van der Waals surface area contributed by atoms with Gasteiger partial charge in [-0.05, 0) is 38.0 Å². The number of amides is 1. The summed E-state index contributed by atoms with van der Waals surface area (Å²) >= 11 is 0. The minimum Gasteiger partial charge on any atom is -0.493 e. The lowest BCUT2D eigenvalue weighted by atomic mass is 10.1. The van der Waals surface area contributed by atoms with Gasteiger partial charge in [0.1, 0.15) is 17.4 Å². The largest absolute Gasteiger partial charge is 0.493 e. The molecule has 1 aliphatic rings. The first-order chi connectivity index (χ1) is 15.5. The zero-order chi connectivity index (χ0) is 22.7. The van der Waals surface area contributed by atoms with Gasteiger partial charge in [0.15, 0.2) is 11.5 Å². The highest BCUT2D eigenvalue weighted by Gasteiger charge is 2.26. The van der Waals surface area contributed by atoms with Crippen LogP contribution in [0, 0.1) is 13.8 Å². The van der Waals surface area contributed by atoms with Crippen molar-refractivity contribution in [1.82, 2.24) is 15.3 Å². The topological polar surface area (TPSA) is 99.0 Å². The van der Waals surface area contributed by atoms with Gasteiger partial charge >= 0.3 is 0 Å². The molecule has 0 atom stereocenters. The smallest absolute Gasteiger partial charge is 0.255 e. The molecular weight excluding hydrogens is 412 g/mol. The fraction of sp³-hybridized carbons (Fsp3) is 0.435. The third-order valence-electron chi connectivity index (χ3n) is 5.51. The van der Waals surface area contributed by atoms with E-state index in [4.69, 9.17) is 18.6 Å². The third-order valence-corrected chi connectivity index (χ3v) is 5.51. The lowest BCUT2D eigenvalue weighted by Crippen LogP contribution is -2.37. The van der Waals surface area contributed by atoms with Gasteiger partial charge in [-0.2, -0.15) is 4.98 Å². The van der Waals surface area contributed by atoms with Gasteiger partial charge < -0.3 is 28.8 Å². The first-order valence-electron chi connectivity index (χ1n) is 10.6. The molecule has 3 heterocycles. The molecule has 0 aliphatic carbocycles. The molecule has 32 heavy (non-hydrogen) atoms. The van der Waals surface area contributed by atoms with E-state index < -0.39 is 0 Å². The summed E-state index contributed by atoms with van der Waals surface area (Å²) in [5.74, 6) is 2.98. The number of benzene rings is 1. The average molecular weight is 441 g/mol. The molecule has 1 saturated heterocycles. The Morgan fingerprint density at radius 2 is 1.88 bits per heavy atom. The Morgan fingerprint density at radius 3 is 2.59 bits per heavy atom. The van der Waals surface area contributed by atoms with Crippen LogP contribution in [0.25, 0.3) is 11.1 Å². The Morgan fingerprint density at radius 1 is 1.12 bits per heavy atom. The molecule has 1 aliphatic heterocycles. The van der Waals surface area contributed by atoms with Gasteiger partial charge in [0.25, 0.3) is 5.91 Å². The average Bonchev–Trinajstić information content (AvgIpc) is 3.14. The standard InChI is InChI=1S/C23H28N4O5/c1-14-19(22(28)24-8-7-16-5-6-17(29-3)18(13-16)30-4)20-21(27-9-11-31-12-10-27)25-15(2)26-23(20)32-14/h5-6,13H,7-12H2,1-4H3,(H,24,28). The van der Waals surface area contributed by atoms with Crippen molar-refractivity contribution in [2.45, 2.75) is 20.3 Å². The monoisotopic (exact) mass is 440 g/mol. The molecule has 4 rings (SSSR count). The second-order valence-corrected chi connectivity index (χ2v) is 7.60. The number of carbonyl (C=O) groups excluding carboxylic acids is 1. The first-order valence-corrected chi connectivity index (χ1v) is 10.6. The van der Waals surface area contributed by atoms with Gasteiger partial charge in [0, 0.05) is 19.6 Å². The maximum atomic E-state index is 13.2. The van der Waals surface area contributed by atoms with Crippen LogP contribution in [-0.4, -0.2) is 62.9 Å². The van der Waals surface area contributed by atoms with Gasteiger partial charge in [-0.3, -0.25) is 4.79 Å². The molecule has 1 amide bonds. The number of ether oxygens (including phenoxy) is 3. The molecule has 0 saturated carbocycles. The summed E-state index contributed by atoms with van der Waals surface area (Å²) in [6.45, 7) is 6.71. The molecular formula is C23H28N4O5. The van der Waals surface area contributed by atoms with Gasteiger partial charge in [-0.15, -0.1) is 0 Å². The van der Waals surface area contributed by atoms with Crippen molar-refractivity contribution in [1.29, 1.82) is 0 Å². The van der Waals surface area contributed by atoms with Gasteiger partial charge in [-0.25, -0.2) is 4.98 Å². The van der Waals surface area contributed by atoms with Crippen LogP contribution in [0.3, 0.4) is 0 Å². The quantitative estimate of drug-likeness (QED) is 0.599. The Kier molecular flexibility index (Phi) is 6.45. The van der Waals surface area contributed by atoms with Crippen molar-refractivity contribution in [3.63, 3.8) is 0 Å². The summed E-state index contributed by atoms with van der Waals surface area (Å²) in [6, 6.07) is 5.73. The van der Waals surface area contributed by atoms with E-state index in [0.29, 0.717) is 79.0 Å². The number of carbonyl (C=O) groups is 1. The molecule has 9 heteroatoms. The lowest BCUT2D eigenvalue weighted by Gasteiger charge is -2.28. The van der Waals surface area contributed by atoms with Crippen LogP contribution in [0.4, 0.5) is 5.82 Å². The number of hydrogen-bond donors (Lipinski definition) is 1. The number of rotatable bonds is 7. The first kappa shape index (κ1) is 21.9. The fourth-order valence-corrected chi connectivity index (χ4v) is 3.92. The Labute approximate surface area is 186 Å². The maximum absolute atomic E-state index is 13.2. The molecule has 0 unspecified atom stereocenters. The predicted octanol–water partition coefficient (Wildman–Crippen LogP) is 2.67. The van der Waals surface area contributed by atoms with Crippen LogP contribution in [0.2, 0.25) is 0 Å². The number of aryl methyl sites for hydroxylation is 2. The number of methoxy groups -OCH3 is 2. The van der Waals surface area contributed by atoms with E-state index in [-0.39, 0.29) is 5.91 Å². The second kappa shape index (κ2) is 9.44. The van der Waals surface area contributed by atoms with Gasteiger partial charge in [-0.1, -0.05) is 6.07 Å². The van der Waals surface area contributed by atoms with E-state index in [2.05, 4.69) is 20.2 Å². The summed E-state index contributed by atoms with van der Waals surface area (Å²) in [6.07, 6.45) is 0.646. The van der Waals surface area contributed by atoms with Crippen LogP contribution in [0.5, 0.6) is 11.5 Å². The molecule has 2 aromatic heterocycles. The number of morpholine rings is 1. The number of nitrogens with one attached hydrogen (secondary N) is 1. The van der Waals surface area contributed by atoms with E-state index in [1.165, 1.54) is 0 Å². The van der Waals surface area contributed by atoms with Crippen LogP contribution in [-0.2, 0) is 11.2 Å². The van der Waals surface area contributed by atoms with E-state index in [1.807, 2.05) is 25.1 Å². The summed E-state index contributed by atoms with van der Waals surface area (Å²) in [4.78, 5) is 24.3. The van der Waals surface area contributed by atoms with E-state index in [1.54, 1.807) is 21.1 Å². The highest BCUT2D eigenvalue weighted by atomic mass is 16.5. The summed E-state index contributed by atoms with van der Waals surface area (Å²) in [7, 11) is 3.21. The number of anilines is 1. The van der Waals surface area contributed by atoms with Crippen molar-refractivity contribution in [3.05, 3.63) is 40.9 Å². The predicted molar refractivity (Wildman–Crippen MR) is 120 cm³/mol. The maximum Gasteiger partial charge on any atom is 0.255 e. The zero-order valence-electron chi connectivity index (χ0n) is 18.9. The van der Waals surface area contributed by atoms with E-state index >= 15 is 0 Å². The fourth-order valence-electron chi connectivity index (χ4n) is 3.92. The summed E-state index contributed by atoms with van der Waals surface area (Å²) in [5, 5.41) is 3.66. The van der Waals surface area contributed by atoms with E-state index in [0.717, 1.165) is 11.4 Å². The molecule has 3 aromatic rings. The van der Waals surface area contributed by atoms with Crippen molar-refractivity contribution in [3.8, 4) is 11.5 Å². The lowest BCUT2D eigenvalue weighted by molar-refractivity contribution is 0.0954. The molecule has 1 N–H and O–H groups in total. The summed E-state index contributed by atoms with van der Waals surface area (Å²) in [5.41, 5.74) is 1.94. The van der Waals surface area contributed by atoms with Crippen LogP contribution < -0.4 is 19.7 Å². The van der Waals surface area contributed by atoms with Crippen LogP contribution in [0.1, 0.15) is 27.5 Å². The highest BCUT2D eigenvalue weighted by molar-refractivity contribution is 6.10. The normalized spacial score (nSPS) is 13.9. The Bertz CT molecular complexity index is 1120. The number of hydrogen-bond acceptors (Lipinski definition) is 8. The van der Waals surface area contributed by atoms with E-state index in [9.17, 15) is 4.79 Å². The molecule has 0 bridgehead atoms. The van der Waals surface area contributed by atoms with Gasteiger partial charge in [0.05, 0.1) is 38.4 Å². The minimum atomic E-state index is -0.205. The van der Waals surface area contributed by atoms with Crippen molar-refractivity contribution in [2.75, 3.05) is 52.0 Å². The Balaban J connectivity index is 1.55. The van der Waals surface area contributed by atoms with Crippen LogP contribution in [0.15, 0.2) is 22.6 Å². The summed E-state index contributed by atoms with van der Waals surface area (Å²) < 4.78 is 22.0. The highest BCUT2D eigenvalue weighted by Crippen LogP contribution is 2.32. The number of aromatic nitrogens is 2. The third kappa shape index (κ3) is 4.34. The molecule has 1 fully saturated rings. The molecule has 0 radical (unpaired) electrons. The van der Waals surface area contributed by atoms with Crippen molar-refractivity contribution in [2.24, 2.45) is 0 Å². The number of fused-ring (bicyclic) bond motifs is 1. The molecule has 0 spiro atoms. The van der Waals surface area contributed by atoms with Crippen molar-refractivity contribution >= 4 is 22.8 Å². The van der Waals surface area contributed by atoms with Gasteiger partial charge in [0.2, 0.25) is 5.71 Å². The SMILES string of the molecule is COc1ccc(CCNC(=O)c2c(C)oc3nc(C)nc(N4CCOCC4)c23)cc1OC. The van der Waals surface area contributed by atoms with Crippen molar-refractivity contribution < 1.29 is 23.4 Å².